The first kappa shape index (κ1) is 28.7. The molecule has 0 fully saturated rings. The topological polar surface area (TPSA) is 141 Å². The van der Waals surface area contributed by atoms with Crippen molar-refractivity contribution in [2.45, 2.75) is 57.1 Å². The first-order chi connectivity index (χ1) is 17.9. The zero-order valence-electron chi connectivity index (χ0n) is 21.7. The summed E-state index contributed by atoms with van der Waals surface area (Å²) in [4.78, 5) is 39.4. The van der Waals surface area contributed by atoms with Gasteiger partial charge in [-0.25, -0.2) is 13.1 Å². The zero-order valence-corrected chi connectivity index (χ0v) is 22.5. The van der Waals surface area contributed by atoms with Gasteiger partial charge in [0.1, 0.15) is 22.5 Å². The molecular weight excluding hydrogens is 510 g/mol. The Labute approximate surface area is 221 Å². The second-order valence-electron chi connectivity index (χ2n) is 9.58. The number of aldehydes is 1. The third-order valence-electron chi connectivity index (χ3n) is 5.20. The van der Waals surface area contributed by atoms with Crippen LogP contribution < -0.4 is 14.8 Å². The van der Waals surface area contributed by atoms with Crippen molar-refractivity contribution in [1.82, 2.24) is 9.71 Å². The van der Waals surface area contributed by atoms with Crippen LogP contribution in [0.2, 0.25) is 0 Å². The Bertz CT molecular complexity index is 1430. The number of nitrogens with one attached hydrogen (secondary N) is 2. The molecular formula is C27H31N3O7S. The number of amides is 1. The van der Waals surface area contributed by atoms with E-state index in [9.17, 15) is 22.8 Å². The van der Waals surface area contributed by atoms with Crippen LogP contribution in [0, 0.1) is 0 Å². The molecule has 11 heteroatoms. The fraction of sp³-hybridized carbons (Fsp3) is 0.333. The molecule has 0 radical (unpaired) electrons. The second-order valence-corrected chi connectivity index (χ2v) is 11.3. The number of esters is 1. The molecule has 0 spiro atoms. The Morgan fingerprint density at radius 1 is 1.11 bits per heavy atom. The minimum atomic E-state index is -4.30. The quantitative estimate of drug-likeness (QED) is 0.278. The number of ether oxygens (including phenoxy) is 2. The first-order valence-corrected chi connectivity index (χ1v) is 13.4. The van der Waals surface area contributed by atoms with Crippen molar-refractivity contribution in [2.24, 2.45) is 0 Å². The molecule has 10 nitrogen and oxygen atoms in total. The molecule has 0 saturated heterocycles. The van der Waals surface area contributed by atoms with Crippen molar-refractivity contribution in [3.8, 4) is 5.75 Å². The molecule has 0 aliphatic heterocycles. The van der Waals surface area contributed by atoms with Crippen molar-refractivity contribution >= 4 is 44.8 Å². The Hall–Kier alpha value is -3.83. The smallest absolute Gasteiger partial charge is 0.308 e. The number of carbonyl (C=O) groups is 3. The van der Waals surface area contributed by atoms with Crippen LogP contribution in [0.25, 0.3) is 10.9 Å². The molecule has 1 aromatic heterocycles. The van der Waals surface area contributed by atoms with Crippen LogP contribution in [0.1, 0.15) is 39.7 Å². The molecule has 0 aliphatic carbocycles. The molecule has 0 saturated carbocycles. The Morgan fingerprint density at radius 3 is 2.55 bits per heavy atom. The number of nitrogens with zero attached hydrogens (tertiary/aromatic N) is 1. The van der Waals surface area contributed by atoms with Crippen LogP contribution in [0.4, 0.5) is 5.69 Å². The number of aromatic nitrogens is 1. The molecule has 1 atom stereocenters. The highest BCUT2D eigenvalue weighted by molar-refractivity contribution is 7.89. The van der Waals surface area contributed by atoms with Gasteiger partial charge in [-0.1, -0.05) is 18.2 Å². The van der Waals surface area contributed by atoms with Crippen molar-refractivity contribution in [2.75, 3.05) is 11.9 Å². The van der Waals surface area contributed by atoms with Gasteiger partial charge in [0.05, 0.1) is 24.6 Å². The lowest BCUT2D eigenvalue weighted by Gasteiger charge is -2.21. The number of benzene rings is 2. The number of pyridine rings is 1. The summed E-state index contributed by atoms with van der Waals surface area (Å²) in [7, 11) is -4.30. The number of sulfonamides is 1. The van der Waals surface area contributed by atoms with Crippen molar-refractivity contribution in [3.63, 3.8) is 0 Å². The van der Waals surface area contributed by atoms with Crippen LogP contribution in [0.15, 0.2) is 59.6 Å². The summed E-state index contributed by atoms with van der Waals surface area (Å²) in [5.41, 5.74) is 1.34. The molecule has 202 valence electrons. The van der Waals surface area contributed by atoms with Gasteiger partial charge in [-0.15, -0.1) is 0 Å². The monoisotopic (exact) mass is 541 g/mol. The van der Waals surface area contributed by atoms with Gasteiger partial charge < -0.3 is 19.6 Å². The lowest BCUT2D eigenvalue weighted by atomic mass is 10.1. The van der Waals surface area contributed by atoms with Gasteiger partial charge in [-0.2, -0.15) is 0 Å². The summed E-state index contributed by atoms with van der Waals surface area (Å²) in [6.07, 6.45) is 2.02. The molecule has 1 heterocycles. The molecule has 38 heavy (non-hydrogen) atoms. The van der Waals surface area contributed by atoms with Crippen molar-refractivity contribution in [1.29, 1.82) is 0 Å². The van der Waals surface area contributed by atoms with Gasteiger partial charge in [0, 0.05) is 36.7 Å². The fourth-order valence-electron chi connectivity index (χ4n) is 3.72. The second kappa shape index (κ2) is 12.1. The van der Waals surface area contributed by atoms with E-state index in [0.717, 1.165) is 16.5 Å². The summed E-state index contributed by atoms with van der Waals surface area (Å²) >= 11 is 0. The Balaban J connectivity index is 1.83. The maximum atomic E-state index is 13.2. The van der Waals surface area contributed by atoms with Crippen molar-refractivity contribution in [3.05, 3.63) is 60.3 Å². The summed E-state index contributed by atoms with van der Waals surface area (Å²) in [6.45, 7) is 6.45. The van der Waals surface area contributed by atoms with E-state index >= 15 is 0 Å². The van der Waals surface area contributed by atoms with E-state index in [-0.39, 0.29) is 23.2 Å². The molecule has 1 amide bonds. The van der Waals surface area contributed by atoms with Gasteiger partial charge in [0.25, 0.3) is 0 Å². The summed E-state index contributed by atoms with van der Waals surface area (Å²) in [5.74, 6) is -1.09. The van der Waals surface area contributed by atoms with Gasteiger partial charge in [-0.05, 0) is 50.6 Å². The summed E-state index contributed by atoms with van der Waals surface area (Å²) in [5, 5.41) is 3.55. The maximum Gasteiger partial charge on any atom is 0.308 e. The molecule has 1 unspecified atom stereocenters. The predicted octanol–water partition coefficient (Wildman–Crippen LogP) is 3.39. The van der Waals surface area contributed by atoms with Crippen LogP contribution in [0.3, 0.4) is 0 Å². The Kier molecular flexibility index (Phi) is 9.18. The van der Waals surface area contributed by atoms with E-state index in [4.69, 9.17) is 9.47 Å². The highest BCUT2D eigenvalue weighted by atomic mass is 32.2. The van der Waals surface area contributed by atoms with Gasteiger partial charge in [-0.3, -0.25) is 14.6 Å². The predicted molar refractivity (Wildman–Crippen MR) is 142 cm³/mol. The number of hydrogen-bond acceptors (Lipinski definition) is 8. The lowest BCUT2D eigenvalue weighted by molar-refractivity contribution is -0.155. The number of rotatable bonds is 11. The minimum Gasteiger partial charge on any atom is -0.492 e. The molecule has 0 bridgehead atoms. The standard InChI is InChI=1S/C27H31N3O7S/c1-18(32)29-20-10-11-25(38(34,35)30-21(17-31)16-26(33)37-27(2,3)4)24(15-20)36-14-12-19-7-5-9-23-22(19)8-6-13-28-23/h5-11,13,15,17,21,30H,12,14,16H2,1-4H3,(H,29,32). The van der Waals surface area contributed by atoms with E-state index in [2.05, 4.69) is 15.0 Å². The number of fused-ring (bicyclic) bond motifs is 1. The number of anilines is 1. The van der Waals surface area contributed by atoms with Gasteiger partial charge in [0.15, 0.2) is 0 Å². The highest BCUT2D eigenvalue weighted by Gasteiger charge is 2.27. The third-order valence-corrected chi connectivity index (χ3v) is 6.73. The van der Waals surface area contributed by atoms with Crippen LogP contribution in [0.5, 0.6) is 5.75 Å². The van der Waals surface area contributed by atoms with Crippen molar-refractivity contribution < 1.29 is 32.3 Å². The normalized spacial score (nSPS) is 12.5. The number of hydrogen-bond donors (Lipinski definition) is 2. The first-order valence-electron chi connectivity index (χ1n) is 11.9. The van der Waals surface area contributed by atoms with E-state index in [0.29, 0.717) is 18.4 Å². The molecule has 0 aliphatic rings. The third kappa shape index (κ3) is 8.09. The van der Waals surface area contributed by atoms with E-state index in [1.54, 1.807) is 27.0 Å². The maximum absolute atomic E-state index is 13.2. The number of carbonyl (C=O) groups excluding carboxylic acids is 3. The summed E-state index contributed by atoms with van der Waals surface area (Å²) < 4.78 is 39.8. The average Bonchev–Trinajstić information content (AvgIpc) is 2.82. The minimum absolute atomic E-state index is 0.0240. The van der Waals surface area contributed by atoms with Crippen LogP contribution >= 0.6 is 0 Å². The van der Waals surface area contributed by atoms with E-state index in [1.807, 2.05) is 30.3 Å². The Morgan fingerprint density at radius 2 is 1.87 bits per heavy atom. The molecule has 3 aromatic rings. The van der Waals surface area contributed by atoms with Gasteiger partial charge >= 0.3 is 5.97 Å². The van der Waals surface area contributed by atoms with E-state index in [1.165, 1.54) is 25.1 Å². The lowest BCUT2D eigenvalue weighted by Crippen LogP contribution is -2.39. The molecule has 2 N–H and O–H groups in total. The van der Waals surface area contributed by atoms with Gasteiger partial charge in [0.2, 0.25) is 15.9 Å². The average molecular weight is 542 g/mol. The molecule has 2 aromatic carbocycles. The van der Waals surface area contributed by atoms with Crippen LogP contribution in [-0.4, -0.2) is 49.8 Å². The SMILES string of the molecule is CC(=O)Nc1ccc(S(=O)(=O)NC(C=O)CC(=O)OC(C)(C)C)c(OCCc2cccc3ncccc23)c1. The molecule has 3 rings (SSSR count). The fourth-order valence-corrected chi connectivity index (χ4v) is 5.02. The highest BCUT2D eigenvalue weighted by Crippen LogP contribution is 2.29. The summed E-state index contributed by atoms with van der Waals surface area (Å²) in [6, 6.07) is 12.2. The zero-order chi connectivity index (χ0) is 27.9. The van der Waals surface area contributed by atoms with E-state index < -0.39 is 34.1 Å². The largest absolute Gasteiger partial charge is 0.492 e. The van der Waals surface area contributed by atoms with Crippen LogP contribution in [-0.2, 0) is 35.6 Å².